The van der Waals surface area contributed by atoms with E-state index in [-0.39, 0.29) is 17.1 Å². The minimum atomic E-state index is -0.982. The lowest BCUT2D eigenvalue weighted by Crippen LogP contribution is -2.43. The van der Waals surface area contributed by atoms with Gasteiger partial charge in [0.2, 0.25) is 0 Å². The molecule has 0 fully saturated rings. The van der Waals surface area contributed by atoms with Crippen LogP contribution >= 0.6 is 0 Å². The van der Waals surface area contributed by atoms with Gasteiger partial charge in [-0.2, -0.15) is 0 Å². The Balaban J connectivity index is 1.80. The maximum Gasteiger partial charge on any atom is 0.335 e. The first-order valence-corrected chi connectivity index (χ1v) is 11.2. The van der Waals surface area contributed by atoms with Crippen LogP contribution in [0.4, 0.5) is 4.39 Å². The highest BCUT2D eigenvalue weighted by molar-refractivity contribution is 5.94. The third kappa shape index (κ3) is 3.46. The second-order valence-corrected chi connectivity index (χ2v) is 9.79. The molecule has 4 aromatic rings. The topological polar surface area (TPSA) is 71.7 Å². The van der Waals surface area contributed by atoms with Gasteiger partial charge in [0.15, 0.2) is 0 Å². The molecule has 0 aliphatic carbocycles. The van der Waals surface area contributed by atoms with E-state index in [1.807, 2.05) is 19.1 Å². The second kappa shape index (κ2) is 7.71. The average Bonchev–Trinajstić information content (AvgIpc) is 3.17. The molecular weight excluding hydrogens is 433 g/mol. The Labute approximate surface area is 197 Å². The molecule has 1 unspecified atom stereocenters. The van der Waals surface area contributed by atoms with Gasteiger partial charge in [-0.3, -0.25) is 0 Å². The summed E-state index contributed by atoms with van der Waals surface area (Å²) in [6.45, 7) is 6.58. The summed E-state index contributed by atoms with van der Waals surface area (Å²) in [6.07, 6.45) is 0.425. The van der Waals surface area contributed by atoms with Gasteiger partial charge in [0.05, 0.1) is 23.3 Å². The Morgan fingerprint density at radius 3 is 2.47 bits per heavy atom. The molecule has 34 heavy (non-hydrogen) atoms. The molecule has 0 saturated carbocycles. The number of phenolic OH excluding ortho intramolecular Hbond substituents is 1. The Morgan fingerprint density at radius 2 is 1.76 bits per heavy atom. The fourth-order valence-electron chi connectivity index (χ4n) is 5.16. The zero-order valence-electron chi connectivity index (χ0n) is 19.3. The van der Waals surface area contributed by atoms with Crippen molar-refractivity contribution in [2.75, 3.05) is 6.61 Å². The van der Waals surface area contributed by atoms with E-state index in [0.29, 0.717) is 18.4 Å². The highest BCUT2D eigenvalue weighted by atomic mass is 19.1. The van der Waals surface area contributed by atoms with E-state index < -0.39 is 17.0 Å². The number of rotatable bonds is 4. The molecule has 0 saturated heterocycles. The SMILES string of the molecule is CC1(C)COC(C)(Cc2cccc(C(=O)O)c2)c2c1n(-c1ccc(F)cc1)c1cccc(O)c21. The molecule has 1 atom stereocenters. The fraction of sp³-hybridized carbons (Fsp3) is 0.250. The second-order valence-electron chi connectivity index (χ2n) is 9.79. The lowest BCUT2D eigenvalue weighted by Gasteiger charge is -2.43. The molecule has 0 amide bonds. The predicted octanol–water partition coefficient (Wildman–Crippen LogP) is 5.94. The number of fused-ring (bicyclic) bond motifs is 3. The van der Waals surface area contributed by atoms with E-state index in [0.717, 1.165) is 28.0 Å². The number of hydrogen-bond acceptors (Lipinski definition) is 3. The van der Waals surface area contributed by atoms with Crippen LogP contribution in [0, 0.1) is 5.82 Å². The van der Waals surface area contributed by atoms with Gasteiger partial charge < -0.3 is 19.5 Å². The molecule has 0 bridgehead atoms. The molecule has 174 valence electrons. The van der Waals surface area contributed by atoms with Crippen molar-refractivity contribution in [2.45, 2.75) is 38.2 Å². The number of benzene rings is 3. The van der Waals surface area contributed by atoms with E-state index in [4.69, 9.17) is 4.74 Å². The van der Waals surface area contributed by atoms with Gasteiger partial charge in [-0.15, -0.1) is 0 Å². The van der Waals surface area contributed by atoms with Gasteiger partial charge in [-0.1, -0.05) is 32.0 Å². The molecule has 3 aromatic carbocycles. The largest absolute Gasteiger partial charge is 0.507 e. The number of ether oxygens (including phenoxy) is 1. The van der Waals surface area contributed by atoms with Crippen molar-refractivity contribution < 1.29 is 24.1 Å². The summed E-state index contributed by atoms with van der Waals surface area (Å²) in [6, 6.07) is 18.6. The molecular formula is C28H26FNO4. The Kier molecular flexibility index (Phi) is 5.02. The maximum absolute atomic E-state index is 13.7. The number of halogens is 1. The number of aromatic carboxylic acids is 1. The lowest BCUT2D eigenvalue weighted by molar-refractivity contribution is -0.0716. The number of carboxylic acids is 1. The number of aromatic hydroxyl groups is 1. The number of nitrogens with zero attached hydrogens (tertiary/aromatic N) is 1. The first-order chi connectivity index (χ1) is 16.1. The predicted molar refractivity (Wildman–Crippen MR) is 128 cm³/mol. The standard InChI is InChI=1S/C28H26FNO4/c1-27(2)16-34-28(3,15-17-6-4-7-18(14-17)26(32)33)24-23-21(8-5-9-22(23)31)30(25(24)27)20-12-10-19(29)11-13-20/h4-14,31H,15-16H2,1-3H3,(H,32,33). The lowest BCUT2D eigenvalue weighted by atomic mass is 9.76. The van der Waals surface area contributed by atoms with Crippen molar-refractivity contribution in [1.82, 2.24) is 4.57 Å². The van der Waals surface area contributed by atoms with E-state index in [1.54, 1.807) is 42.5 Å². The van der Waals surface area contributed by atoms with Gasteiger partial charge >= 0.3 is 5.97 Å². The van der Waals surface area contributed by atoms with Crippen LogP contribution in [-0.4, -0.2) is 27.4 Å². The Hall–Kier alpha value is -3.64. The number of aromatic nitrogens is 1. The molecule has 5 rings (SSSR count). The normalized spacial score (nSPS) is 19.2. The third-order valence-corrected chi connectivity index (χ3v) is 6.69. The summed E-state index contributed by atoms with van der Waals surface area (Å²) in [5.41, 5.74) is 3.26. The number of phenols is 1. The summed E-state index contributed by atoms with van der Waals surface area (Å²) in [7, 11) is 0. The van der Waals surface area contributed by atoms with Crippen LogP contribution in [0.2, 0.25) is 0 Å². The smallest absolute Gasteiger partial charge is 0.335 e. The minimum absolute atomic E-state index is 0.140. The summed E-state index contributed by atoms with van der Waals surface area (Å²) in [5.74, 6) is -1.16. The minimum Gasteiger partial charge on any atom is -0.507 e. The highest BCUT2D eigenvalue weighted by Crippen LogP contribution is 2.50. The summed E-state index contributed by atoms with van der Waals surface area (Å²) in [5, 5.41) is 21.1. The van der Waals surface area contributed by atoms with E-state index in [1.165, 1.54) is 12.1 Å². The fourth-order valence-corrected chi connectivity index (χ4v) is 5.16. The van der Waals surface area contributed by atoms with Crippen molar-refractivity contribution in [2.24, 2.45) is 0 Å². The van der Waals surface area contributed by atoms with Crippen molar-refractivity contribution in [3.8, 4) is 11.4 Å². The van der Waals surface area contributed by atoms with Crippen molar-refractivity contribution >= 4 is 16.9 Å². The van der Waals surface area contributed by atoms with Gasteiger partial charge in [0.25, 0.3) is 0 Å². The summed E-state index contributed by atoms with van der Waals surface area (Å²) in [4.78, 5) is 11.5. The Morgan fingerprint density at radius 1 is 1.06 bits per heavy atom. The van der Waals surface area contributed by atoms with Crippen LogP contribution in [-0.2, 0) is 22.2 Å². The molecule has 2 N–H and O–H groups in total. The number of carboxylic acid groups (broad SMARTS) is 1. The van der Waals surface area contributed by atoms with E-state index in [2.05, 4.69) is 18.4 Å². The van der Waals surface area contributed by atoms with Gasteiger partial charge in [0.1, 0.15) is 11.6 Å². The van der Waals surface area contributed by atoms with E-state index in [9.17, 15) is 19.4 Å². The van der Waals surface area contributed by atoms with Crippen LogP contribution in [0.1, 0.15) is 48.0 Å². The van der Waals surface area contributed by atoms with Gasteiger partial charge in [-0.25, -0.2) is 9.18 Å². The molecule has 0 spiro atoms. The first-order valence-electron chi connectivity index (χ1n) is 11.2. The van der Waals surface area contributed by atoms with Crippen molar-refractivity contribution in [1.29, 1.82) is 0 Å². The zero-order valence-corrected chi connectivity index (χ0v) is 19.3. The number of hydrogen-bond donors (Lipinski definition) is 2. The number of carbonyl (C=O) groups is 1. The van der Waals surface area contributed by atoms with Gasteiger partial charge in [0, 0.05) is 34.2 Å². The van der Waals surface area contributed by atoms with Crippen LogP contribution in [0.15, 0.2) is 66.7 Å². The van der Waals surface area contributed by atoms with Crippen molar-refractivity contribution in [3.05, 3.63) is 94.9 Å². The average molecular weight is 460 g/mol. The van der Waals surface area contributed by atoms with Crippen LogP contribution < -0.4 is 0 Å². The molecule has 6 heteroatoms. The molecule has 5 nitrogen and oxygen atoms in total. The summed E-state index contributed by atoms with van der Waals surface area (Å²) < 4.78 is 22.3. The van der Waals surface area contributed by atoms with Crippen LogP contribution in [0.25, 0.3) is 16.6 Å². The first kappa shape index (κ1) is 22.2. The third-order valence-electron chi connectivity index (χ3n) is 6.69. The molecule has 1 aliphatic heterocycles. The van der Waals surface area contributed by atoms with Crippen LogP contribution in [0.3, 0.4) is 0 Å². The molecule has 0 radical (unpaired) electrons. The summed E-state index contributed by atoms with van der Waals surface area (Å²) >= 11 is 0. The Bertz CT molecular complexity index is 1420. The van der Waals surface area contributed by atoms with Gasteiger partial charge in [-0.05, 0) is 61.0 Å². The zero-order chi connectivity index (χ0) is 24.3. The maximum atomic E-state index is 13.7. The molecule has 1 aliphatic rings. The quantitative estimate of drug-likeness (QED) is 0.396. The molecule has 2 heterocycles. The monoisotopic (exact) mass is 459 g/mol. The highest BCUT2D eigenvalue weighted by Gasteiger charge is 2.46. The van der Waals surface area contributed by atoms with Crippen LogP contribution in [0.5, 0.6) is 5.75 Å². The molecule has 1 aromatic heterocycles. The van der Waals surface area contributed by atoms with E-state index >= 15 is 0 Å². The van der Waals surface area contributed by atoms with Crippen molar-refractivity contribution in [3.63, 3.8) is 0 Å².